The van der Waals surface area contributed by atoms with Crippen molar-refractivity contribution in [2.75, 3.05) is 26.2 Å². The number of aliphatic hydroxyl groups excluding tert-OH is 6. The van der Waals surface area contributed by atoms with Crippen molar-refractivity contribution < 1.29 is 92.9 Å². The molecule has 0 radical (unpaired) electrons. The molecule has 13 atom stereocenters. The number of unbranched alkanes of at least 4 members (excludes halogenated alkanes) is 2. The molecule has 3 aromatic carbocycles. The minimum Gasteiger partial charge on any atom is -0.504 e. The molecule has 0 unspecified atom stereocenters. The number of nitrogens with zero attached hydrogens (tertiary/aromatic N) is 5. The van der Waals surface area contributed by atoms with Gasteiger partial charge in [0.15, 0.2) is 11.5 Å². The average Bonchev–Trinajstić information content (AvgIpc) is 3.04. The van der Waals surface area contributed by atoms with E-state index >= 15 is 0 Å². The Balaban J connectivity index is 1.18. The van der Waals surface area contributed by atoms with Crippen LogP contribution in [-0.4, -0.2) is 201 Å². The highest BCUT2D eigenvalue weighted by atomic mass is 32.2. The van der Waals surface area contributed by atoms with Crippen molar-refractivity contribution in [1.82, 2.24) is 46.6 Å². The van der Waals surface area contributed by atoms with Gasteiger partial charge in [-0.05, 0) is 67.4 Å². The molecule has 13 N–H and O–H groups in total. The maximum Gasteiger partial charge on any atom is 0.261 e. The number of aromatic hydroxyl groups is 1. The Hall–Kier alpha value is -7.61. The Morgan fingerprint density at radius 1 is 0.814 bits per heavy atom. The second kappa shape index (κ2) is 30.6. The number of β-amino-alcohol motifs (C(OH)–C–C–N with tert-alkyl or cyclic N) is 1. The third kappa shape index (κ3) is 16.7. The minimum atomic E-state index is -2.15. The number of phenolic OH excluding ortho intramolecular Hbond substituents is 1. The topological polar surface area (TPSA) is 434 Å². The molecule has 0 saturated carbocycles. The normalized spacial score (nSPS) is 25.5. The van der Waals surface area contributed by atoms with Gasteiger partial charge in [-0.25, -0.2) is 5.26 Å². The first-order valence-electron chi connectivity index (χ1n) is 27.5. The Morgan fingerprint density at radius 2 is 1.47 bits per heavy atom. The number of rotatable bonds is 19. The Kier molecular flexibility index (Phi) is 23.5. The highest BCUT2D eigenvalue weighted by Crippen LogP contribution is 2.33. The van der Waals surface area contributed by atoms with Crippen molar-refractivity contribution in [3.8, 4) is 44.5 Å². The molecule has 0 spiro atoms. The number of carbonyl (C=O) groups excluding carboxylic acids is 7. The summed E-state index contributed by atoms with van der Waals surface area (Å²) in [5.74, 6) is -8.95. The molecule has 464 valence electrons. The van der Waals surface area contributed by atoms with Gasteiger partial charge >= 0.3 is 0 Å². The molecular weight excluding hydrogens is 1170 g/mol. The van der Waals surface area contributed by atoms with Gasteiger partial charge in [0.2, 0.25) is 35.4 Å². The fraction of sp³-hybridized carbons (Fsp3) is 0.491. The highest BCUT2D eigenvalue weighted by molar-refractivity contribution is 7.90. The van der Waals surface area contributed by atoms with Crippen LogP contribution < -0.4 is 35.5 Å². The van der Waals surface area contributed by atoms with E-state index in [1.54, 1.807) is 18.2 Å². The zero-order valence-corrected chi connectivity index (χ0v) is 48.4. The largest absolute Gasteiger partial charge is 0.504 e. The number of nitrogens with one attached hydrogen (secondary N) is 5. The summed E-state index contributed by atoms with van der Waals surface area (Å²) in [6.07, 6.45) is -10.0. The van der Waals surface area contributed by atoms with E-state index in [4.69, 9.17) is 14.2 Å². The van der Waals surface area contributed by atoms with Crippen LogP contribution in [0.4, 0.5) is 0 Å². The summed E-state index contributed by atoms with van der Waals surface area (Å²) in [6.45, 7) is 3.68. The number of ether oxygens (including phenoxy) is 1. The van der Waals surface area contributed by atoms with Crippen molar-refractivity contribution in [3.63, 3.8) is 0 Å². The zero-order valence-electron chi connectivity index (χ0n) is 46.8. The Bertz CT molecular complexity index is 3060. The van der Waals surface area contributed by atoms with Crippen molar-refractivity contribution in [2.45, 2.75) is 139 Å². The maximum atomic E-state index is 14.6. The van der Waals surface area contributed by atoms with Crippen LogP contribution in [0.15, 0.2) is 66.7 Å². The minimum absolute atomic E-state index is 0.0125. The Morgan fingerprint density at radius 3 is 2.12 bits per heavy atom. The van der Waals surface area contributed by atoms with E-state index in [0.717, 1.165) is 59.4 Å². The summed E-state index contributed by atoms with van der Waals surface area (Å²) < 4.78 is 15.1. The molecule has 4 heterocycles. The molecular formula is C55H68N10O19S2. The first kappa shape index (κ1) is 65.9. The fourth-order valence-electron chi connectivity index (χ4n) is 10.0. The standard InChI is InChI=1S/C55H68N10O19S2/c1-4-5-6-19-81-35-14-12-32(13-15-35)53-63-62-52(85-53)31-10-8-30(9-11-31)47(73)58-36-22-33(67)24-57-51(77)45-46(72)27(2)25-65(45)55(79)44(39(70)17-18-56)61-50(76)43(40(71)20-29-7-16-38(69)41(21-29)82-86-84-83-80)60-49(75)37-23-34(68)26-64(37)54(78)42(28(3)66)59-48(36)74/h7-16,21,27-28,33-34,36-37,39-40,42-46,66-72,80H,4-6,17,19-20,22-26H2,1-3H3,(H,57,77)(H,58,73)(H,59,74)(H,60,75)(H,61,76)/t27-,28+,33+,34+,36+,37+,39-,40-,42+,43+,44+,45+,46+/m1/s1. The smallest absolute Gasteiger partial charge is 0.261 e. The van der Waals surface area contributed by atoms with Crippen LogP contribution in [0, 0.1) is 17.2 Å². The van der Waals surface area contributed by atoms with Gasteiger partial charge in [0.05, 0.1) is 55.7 Å². The molecule has 1 aromatic heterocycles. The average molecular weight is 1240 g/mol. The highest BCUT2D eigenvalue weighted by Gasteiger charge is 2.50. The maximum absolute atomic E-state index is 14.6. The number of carbonyl (C=O) groups is 7. The van der Waals surface area contributed by atoms with Gasteiger partial charge in [-0.1, -0.05) is 65.6 Å². The lowest BCUT2D eigenvalue weighted by molar-refractivity contribution is -0.433. The van der Waals surface area contributed by atoms with Crippen LogP contribution in [0.5, 0.6) is 17.2 Å². The number of hydrogen-bond donors (Lipinski definition) is 13. The summed E-state index contributed by atoms with van der Waals surface area (Å²) in [5.41, 5.74) is 1.50. The monoisotopic (exact) mass is 1240 g/mol. The van der Waals surface area contributed by atoms with Gasteiger partial charge in [-0.2, -0.15) is 5.26 Å². The molecule has 0 bridgehead atoms. The van der Waals surface area contributed by atoms with Gasteiger partial charge in [0.1, 0.15) is 52.0 Å². The molecule has 7 rings (SSSR count). The summed E-state index contributed by atoms with van der Waals surface area (Å²) >= 11 is 1.36. The molecule has 7 amide bonds. The summed E-state index contributed by atoms with van der Waals surface area (Å²) in [4.78, 5) is 102. The number of nitriles is 1. The number of amides is 7. The molecule has 86 heavy (non-hydrogen) atoms. The van der Waals surface area contributed by atoms with Crippen molar-refractivity contribution in [2.24, 2.45) is 5.92 Å². The van der Waals surface area contributed by atoms with Crippen molar-refractivity contribution in [1.29, 1.82) is 5.26 Å². The van der Waals surface area contributed by atoms with E-state index in [1.165, 1.54) is 36.5 Å². The molecule has 3 saturated heterocycles. The number of aromatic nitrogens is 2. The van der Waals surface area contributed by atoms with E-state index in [9.17, 15) is 74.6 Å². The van der Waals surface area contributed by atoms with Gasteiger partial charge in [-0.15, -0.1) is 10.2 Å². The van der Waals surface area contributed by atoms with Crippen molar-refractivity contribution >= 4 is 65.0 Å². The predicted octanol–water partition coefficient (Wildman–Crippen LogP) is -0.628. The van der Waals surface area contributed by atoms with Gasteiger partial charge in [0, 0.05) is 61.5 Å². The number of hydrogen-bond acceptors (Lipinski definition) is 24. The zero-order chi connectivity index (χ0) is 62.4. The van der Waals surface area contributed by atoms with Gasteiger partial charge in [-0.3, -0.25) is 33.6 Å². The van der Waals surface area contributed by atoms with Crippen LogP contribution in [0.1, 0.15) is 75.2 Å². The van der Waals surface area contributed by atoms with Crippen LogP contribution in [-0.2, 0) is 44.6 Å². The number of phenols is 1. The molecule has 3 aliphatic heterocycles. The molecule has 3 aliphatic rings. The second-order valence-corrected chi connectivity index (χ2v) is 22.4. The summed E-state index contributed by atoms with van der Waals surface area (Å²) in [7, 11) is 0. The predicted molar refractivity (Wildman–Crippen MR) is 302 cm³/mol. The van der Waals surface area contributed by atoms with E-state index in [1.807, 2.05) is 24.3 Å². The van der Waals surface area contributed by atoms with E-state index in [2.05, 4.69) is 53.1 Å². The quantitative estimate of drug-likeness (QED) is 0.0241. The molecule has 4 aromatic rings. The van der Waals surface area contributed by atoms with Gasteiger partial charge < -0.3 is 81.0 Å². The molecule has 29 nitrogen and oxygen atoms in total. The Labute approximate surface area is 500 Å². The third-order valence-electron chi connectivity index (χ3n) is 14.6. The lowest BCUT2D eigenvalue weighted by atomic mass is 9.98. The lowest BCUT2D eigenvalue weighted by Crippen LogP contribution is -2.64. The first-order chi connectivity index (χ1) is 41.1. The van der Waals surface area contributed by atoms with E-state index in [-0.39, 0.29) is 35.7 Å². The van der Waals surface area contributed by atoms with Crippen LogP contribution in [0.3, 0.4) is 0 Å². The van der Waals surface area contributed by atoms with E-state index < -0.39 is 165 Å². The molecule has 0 aliphatic carbocycles. The van der Waals surface area contributed by atoms with Gasteiger partial charge in [0.25, 0.3) is 18.2 Å². The van der Waals surface area contributed by atoms with Crippen LogP contribution in [0.2, 0.25) is 0 Å². The van der Waals surface area contributed by atoms with Crippen LogP contribution >= 0.6 is 23.7 Å². The number of aliphatic hydroxyl groups is 6. The first-order valence-corrected chi connectivity index (χ1v) is 29.0. The SMILES string of the molecule is CCCCCOc1ccc(-c2nnc(-c3ccc(C(=O)N[C@H]4C[C@H](O)CNC(=O)[C@@H]5[C@@H](O)[C@H](C)CN5C(=O)[C@H]([C@H](O)CC#N)NC(=O)[C@H]([C@H](O)Cc5ccc(O)c(OSOOO)c5)NC(=O)[C@@H]5C[C@H](O)CN5C(=O)[C@H]([C@H](C)O)NC4=O)cc3)s2)cc1. The second-order valence-electron chi connectivity index (χ2n) is 21.0. The summed E-state index contributed by atoms with van der Waals surface area (Å²) in [5, 5.41) is 122. The van der Waals surface area contributed by atoms with Crippen molar-refractivity contribution in [3.05, 3.63) is 77.9 Å². The van der Waals surface area contributed by atoms with Crippen LogP contribution in [0.25, 0.3) is 21.1 Å². The lowest BCUT2D eigenvalue weighted by Gasteiger charge is -2.33. The molecule has 3 fully saturated rings. The fourth-order valence-corrected chi connectivity index (χ4v) is 11.1. The van der Waals surface area contributed by atoms with E-state index in [0.29, 0.717) is 22.2 Å². The number of benzene rings is 3. The number of fused-ring (bicyclic) bond motifs is 2. The summed E-state index contributed by atoms with van der Waals surface area (Å²) in [6, 6.07) is 7.27. The third-order valence-corrected chi connectivity index (χ3v) is 16.0. The molecule has 31 heteroatoms.